The van der Waals surface area contributed by atoms with Gasteiger partial charge in [0, 0.05) is 5.69 Å². The highest BCUT2D eigenvalue weighted by Crippen LogP contribution is 2.32. The largest absolute Gasteiger partial charge is 0.399 e. The van der Waals surface area contributed by atoms with Crippen LogP contribution in [0.15, 0.2) is 71.6 Å². The molecule has 0 amide bonds. The lowest BCUT2D eigenvalue weighted by molar-refractivity contribution is 0.580. The predicted molar refractivity (Wildman–Crippen MR) is 102 cm³/mol. The molecular formula is C22H28FN. The van der Waals surface area contributed by atoms with E-state index >= 15 is 0 Å². The Morgan fingerprint density at radius 2 is 1.79 bits per heavy atom. The Balaban J connectivity index is 2.25. The Labute approximate surface area is 145 Å². The van der Waals surface area contributed by atoms with Crippen molar-refractivity contribution in [1.82, 2.24) is 0 Å². The fourth-order valence-electron chi connectivity index (χ4n) is 3.01. The van der Waals surface area contributed by atoms with Crippen LogP contribution in [0.1, 0.15) is 45.6 Å². The molecule has 2 N–H and O–H groups in total. The minimum atomic E-state index is -0.160. The number of allylic oxidation sites excluding steroid dienone is 8. The molecule has 2 heteroatoms. The maximum atomic E-state index is 13.4. The van der Waals surface area contributed by atoms with E-state index in [2.05, 4.69) is 45.9 Å². The molecule has 1 aromatic rings. The maximum Gasteiger partial charge on any atom is 0.119 e. The minimum absolute atomic E-state index is 0.160. The van der Waals surface area contributed by atoms with Crippen LogP contribution in [-0.2, 0) is 0 Å². The van der Waals surface area contributed by atoms with Crippen LogP contribution in [0, 0.1) is 11.8 Å². The Hall–Kier alpha value is -2.09. The molecule has 1 nitrogen and oxygen atoms in total. The molecule has 0 saturated carbocycles. The molecule has 0 bridgehead atoms. The molecule has 24 heavy (non-hydrogen) atoms. The molecule has 1 aliphatic rings. The zero-order valence-corrected chi connectivity index (χ0v) is 15.1. The van der Waals surface area contributed by atoms with Crippen molar-refractivity contribution in [3.05, 3.63) is 77.2 Å². The highest BCUT2D eigenvalue weighted by atomic mass is 19.1. The van der Waals surface area contributed by atoms with Crippen LogP contribution in [0.4, 0.5) is 10.1 Å². The average molecular weight is 325 g/mol. The Morgan fingerprint density at radius 1 is 1.12 bits per heavy atom. The van der Waals surface area contributed by atoms with Crippen LogP contribution >= 0.6 is 0 Å². The molecule has 0 fully saturated rings. The Morgan fingerprint density at radius 3 is 2.42 bits per heavy atom. The van der Waals surface area contributed by atoms with Gasteiger partial charge in [0.2, 0.25) is 0 Å². The van der Waals surface area contributed by atoms with Crippen LogP contribution in [0.25, 0.3) is 0 Å². The van der Waals surface area contributed by atoms with E-state index in [1.165, 1.54) is 22.8 Å². The van der Waals surface area contributed by atoms with Crippen LogP contribution in [0.3, 0.4) is 0 Å². The monoisotopic (exact) mass is 325 g/mol. The van der Waals surface area contributed by atoms with Crippen molar-refractivity contribution in [3.63, 3.8) is 0 Å². The predicted octanol–water partition coefficient (Wildman–Crippen LogP) is 6.33. The molecule has 2 rings (SSSR count). The summed E-state index contributed by atoms with van der Waals surface area (Å²) in [5.74, 6) is 1.02. The molecular weight excluding hydrogens is 297 g/mol. The van der Waals surface area contributed by atoms with E-state index in [9.17, 15) is 4.39 Å². The average Bonchev–Trinajstić information content (AvgIpc) is 2.76. The molecule has 0 aliphatic heterocycles. The van der Waals surface area contributed by atoms with Crippen molar-refractivity contribution in [2.45, 2.75) is 40.0 Å². The zero-order valence-electron chi connectivity index (χ0n) is 15.1. The summed E-state index contributed by atoms with van der Waals surface area (Å²) in [6, 6.07) is 8.12. The molecule has 1 aliphatic carbocycles. The first-order valence-corrected chi connectivity index (χ1v) is 8.69. The van der Waals surface area contributed by atoms with Gasteiger partial charge in [-0.15, -0.1) is 0 Å². The topological polar surface area (TPSA) is 26.0 Å². The number of benzene rings is 1. The number of hydrogen-bond acceptors (Lipinski definition) is 1. The third-order valence-electron chi connectivity index (χ3n) is 4.76. The molecule has 128 valence electrons. The quantitative estimate of drug-likeness (QED) is 0.629. The first-order valence-electron chi connectivity index (χ1n) is 8.69. The van der Waals surface area contributed by atoms with Crippen molar-refractivity contribution in [1.29, 1.82) is 0 Å². The van der Waals surface area contributed by atoms with Crippen LogP contribution in [0.2, 0.25) is 0 Å². The van der Waals surface area contributed by atoms with Crippen molar-refractivity contribution >= 4 is 5.69 Å². The van der Waals surface area contributed by atoms with E-state index in [-0.39, 0.29) is 5.83 Å². The van der Waals surface area contributed by atoms with E-state index < -0.39 is 0 Å². The van der Waals surface area contributed by atoms with Crippen molar-refractivity contribution in [2.75, 3.05) is 5.73 Å². The molecule has 0 radical (unpaired) electrons. The number of anilines is 1. The van der Waals surface area contributed by atoms with Crippen molar-refractivity contribution in [2.24, 2.45) is 11.8 Å². The van der Waals surface area contributed by atoms with E-state index in [4.69, 9.17) is 5.73 Å². The Bertz CT molecular complexity index is 672. The summed E-state index contributed by atoms with van der Waals surface area (Å²) in [5, 5.41) is 0. The molecule has 0 spiro atoms. The zero-order chi connectivity index (χ0) is 17.7. The summed E-state index contributed by atoms with van der Waals surface area (Å²) in [6.07, 6.45) is 10.0. The van der Waals surface area contributed by atoms with Crippen molar-refractivity contribution < 1.29 is 4.39 Å². The van der Waals surface area contributed by atoms with E-state index in [1.807, 2.05) is 18.2 Å². The SMILES string of the molecule is CC(C)/C(=C/C(C)[C@H](C)c1ccc(N)cc1)C1=CC=CC(F)=CC1. The summed E-state index contributed by atoms with van der Waals surface area (Å²) in [6.45, 7) is 8.88. The summed E-state index contributed by atoms with van der Waals surface area (Å²) >= 11 is 0. The standard InChI is InChI=1S/C22H28FN/c1-15(2)22(19-6-5-7-20(23)11-8-19)14-16(3)17(4)18-9-12-21(24)13-10-18/h5-7,9-17H,8,24H2,1-4H3/b22-14-/t16?,17-/m0/s1. The van der Waals surface area contributed by atoms with Gasteiger partial charge >= 0.3 is 0 Å². The number of hydrogen-bond donors (Lipinski definition) is 1. The van der Waals surface area contributed by atoms with Crippen LogP contribution in [0.5, 0.6) is 0 Å². The number of halogens is 1. The fourth-order valence-corrected chi connectivity index (χ4v) is 3.01. The van der Waals surface area contributed by atoms with E-state index in [0.717, 1.165) is 5.69 Å². The van der Waals surface area contributed by atoms with Crippen LogP contribution < -0.4 is 5.73 Å². The second-order valence-corrected chi connectivity index (χ2v) is 6.94. The van der Waals surface area contributed by atoms with Gasteiger partial charge in [0.15, 0.2) is 0 Å². The van der Waals surface area contributed by atoms with Crippen LogP contribution in [-0.4, -0.2) is 0 Å². The van der Waals surface area contributed by atoms with E-state index in [0.29, 0.717) is 24.2 Å². The normalized spacial score (nSPS) is 18.0. The smallest absolute Gasteiger partial charge is 0.119 e. The van der Waals surface area contributed by atoms with Gasteiger partial charge in [0.05, 0.1) is 0 Å². The van der Waals surface area contributed by atoms with Gasteiger partial charge in [0.25, 0.3) is 0 Å². The number of rotatable bonds is 5. The second kappa shape index (κ2) is 8.14. The molecule has 1 unspecified atom stereocenters. The molecule has 2 atom stereocenters. The molecule has 0 aromatic heterocycles. The highest BCUT2D eigenvalue weighted by Gasteiger charge is 2.16. The maximum absolute atomic E-state index is 13.4. The minimum Gasteiger partial charge on any atom is -0.399 e. The van der Waals surface area contributed by atoms with Gasteiger partial charge in [-0.3, -0.25) is 0 Å². The number of nitrogen functional groups attached to an aromatic ring is 1. The first kappa shape index (κ1) is 18.3. The molecule has 0 saturated heterocycles. The Kier molecular flexibility index (Phi) is 6.19. The highest BCUT2D eigenvalue weighted by molar-refractivity contribution is 5.42. The lowest BCUT2D eigenvalue weighted by atomic mass is 9.83. The summed E-state index contributed by atoms with van der Waals surface area (Å²) in [5.41, 5.74) is 10.4. The third kappa shape index (κ3) is 4.70. The molecule has 1 aromatic carbocycles. The first-order chi connectivity index (χ1) is 11.4. The lowest BCUT2D eigenvalue weighted by Crippen LogP contribution is -2.08. The van der Waals surface area contributed by atoms with Gasteiger partial charge in [0.1, 0.15) is 5.83 Å². The molecule has 0 heterocycles. The van der Waals surface area contributed by atoms with Gasteiger partial charge in [-0.25, -0.2) is 4.39 Å². The second-order valence-electron chi connectivity index (χ2n) is 6.94. The van der Waals surface area contributed by atoms with E-state index in [1.54, 1.807) is 12.2 Å². The summed E-state index contributed by atoms with van der Waals surface area (Å²) in [4.78, 5) is 0. The summed E-state index contributed by atoms with van der Waals surface area (Å²) in [7, 11) is 0. The fraction of sp³-hybridized carbons (Fsp3) is 0.364. The van der Waals surface area contributed by atoms with Gasteiger partial charge in [-0.1, -0.05) is 58.1 Å². The third-order valence-corrected chi connectivity index (χ3v) is 4.76. The van der Waals surface area contributed by atoms with Gasteiger partial charge < -0.3 is 5.73 Å². The number of nitrogens with two attached hydrogens (primary N) is 1. The summed E-state index contributed by atoms with van der Waals surface area (Å²) < 4.78 is 13.4. The van der Waals surface area contributed by atoms with Crippen molar-refractivity contribution in [3.8, 4) is 0 Å². The lowest BCUT2D eigenvalue weighted by Gasteiger charge is -2.22. The van der Waals surface area contributed by atoms with Gasteiger partial charge in [-0.05, 0) is 65.2 Å². The van der Waals surface area contributed by atoms with Gasteiger partial charge in [-0.2, -0.15) is 0 Å².